The van der Waals surface area contributed by atoms with Gasteiger partial charge >= 0.3 is 5.97 Å². The summed E-state index contributed by atoms with van der Waals surface area (Å²) in [6.45, 7) is 3.32. The van der Waals surface area contributed by atoms with Crippen LogP contribution in [0.4, 0.5) is 5.69 Å². The summed E-state index contributed by atoms with van der Waals surface area (Å²) in [5.74, 6) is -1.05. The van der Waals surface area contributed by atoms with Gasteiger partial charge in [0.25, 0.3) is 5.91 Å². The molecule has 0 spiro atoms. The molecular weight excluding hydrogens is 487 g/mol. The van der Waals surface area contributed by atoms with E-state index in [9.17, 15) is 14.9 Å². The third kappa shape index (κ3) is 5.71. The van der Waals surface area contributed by atoms with Crippen LogP contribution in [0.3, 0.4) is 0 Å². The molecule has 1 amide bonds. The number of benzene rings is 2. The first-order chi connectivity index (χ1) is 13.8. The molecule has 2 aromatic carbocycles. The lowest BCUT2D eigenvalue weighted by atomic mass is 10.1. The summed E-state index contributed by atoms with van der Waals surface area (Å²) in [6.07, 6.45) is 1.44. The molecule has 7 nitrogen and oxygen atoms in total. The van der Waals surface area contributed by atoms with Crippen LogP contribution in [0, 0.1) is 28.7 Å². The van der Waals surface area contributed by atoms with Gasteiger partial charge in [-0.15, -0.1) is 0 Å². The zero-order chi connectivity index (χ0) is 21.6. The predicted molar refractivity (Wildman–Crippen MR) is 117 cm³/mol. The lowest BCUT2D eigenvalue weighted by molar-refractivity contribution is -0.139. The van der Waals surface area contributed by atoms with Crippen LogP contribution in [0.25, 0.3) is 6.08 Å². The Hall–Kier alpha value is -3.06. The van der Waals surface area contributed by atoms with Gasteiger partial charge in [0.2, 0.25) is 0 Å². The molecule has 0 aromatic heterocycles. The summed E-state index contributed by atoms with van der Waals surface area (Å²) in [5, 5.41) is 21.0. The Morgan fingerprint density at radius 2 is 2.03 bits per heavy atom. The van der Waals surface area contributed by atoms with Gasteiger partial charge in [0.05, 0.1) is 10.7 Å². The summed E-state index contributed by atoms with van der Waals surface area (Å²) in [6, 6.07) is 10.7. The number of aliphatic carboxylic acids is 1. The monoisotopic (exact) mass is 506 g/mol. The Kier molecular flexibility index (Phi) is 7.61. The maximum absolute atomic E-state index is 12.6. The molecule has 29 heavy (non-hydrogen) atoms. The topological polar surface area (TPSA) is 109 Å². The van der Waals surface area contributed by atoms with Crippen LogP contribution < -0.4 is 14.8 Å². The fourth-order valence-electron chi connectivity index (χ4n) is 2.49. The van der Waals surface area contributed by atoms with Crippen molar-refractivity contribution in [3.05, 3.63) is 56.2 Å². The number of nitrogens with zero attached hydrogens (tertiary/aromatic N) is 1. The molecular formula is C21H19IN2O5. The number of nitriles is 1. The molecule has 2 rings (SSSR count). The highest BCUT2D eigenvalue weighted by Crippen LogP contribution is 2.34. The Morgan fingerprint density at radius 1 is 1.31 bits per heavy atom. The first-order valence-electron chi connectivity index (χ1n) is 8.48. The van der Waals surface area contributed by atoms with Gasteiger partial charge in [-0.1, -0.05) is 12.1 Å². The average molecular weight is 506 g/mol. The van der Waals surface area contributed by atoms with Crippen LogP contribution in [0.5, 0.6) is 11.5 Å². The molecule has 0 radical (unpaired) electrons. The van der Waals surface area contributed by atoms with Gasteiger partial charge in [-0.25, -0.2) is 4.79 Å². The maximum atomic E-state index is 12.6. The summed E-state index contributed by atoms with van der Waals surface area (Å²) < 4.78 is 11.1. The standard InChI is InChI=1S/C21H19IN2O5/c1-12-5-4-6-17(13(12)2)24-21(27)15(10-23)7-14-8-16(22)20(18(9-14)28-3)29-11-19(25)26/h4-9H,11H2,1-3H3,(H,24,27)(H,25,26)/b15-7+. The fourth-order valence-corrected chi connectivity index (χ4v) is 3.27. The molecule has 0 saturated carbocycles. The summed E-state index contributed by atoms with van der Waals surface area (Å²) >= 11 is 1.97. The van der Waals surface area contributed by atoms with E-state index < -0.39 is 18.5 Å². The van der Waals surface area contributed by atoms with Crippen molar-refractivity contribution >= 4 is 46.2 Å². The van der Waals surface area contributed by atoms with Gasteiger partial charge in [-0.3, -0.25) is 4.79 Å². The molecule has 2 N–H and O–H groups in total. The number of hydrogen-bond acceptors (Lipinski definition) is 5. The molecule has 150 valence electrons. The van der Waals surface area contributed by atoms with E-state index in [2.05, 4.69) is 5.32 Å². The number of carbonyl (C=O) groups is 2. The Morgan fingerprint density at radius 3 is 2.66 bits per heavy atom. The van der Waals surface area contributed by atoms with Crippen molar-refractivity contribution in [1.29, 1.82) is 5.26 Å². The smallest absolute Gasteiger partial charge is 0.341 e. The van der Waals surface area contributed by atoms with Crippen LogP contribution in [-0.4, -0.2) is 30.7 Å². The van der Waals surface area contributed by atoms with E-state index in [-0.39, 0.29) is 11.3 Å². The lowest BCUT2D eigenvalue weighted by Gasteiger charge is -2.13. The highest BCUT2D eigenvalue weighted by atomic mass is 127. The van der Waals surface area contributed by atoms with E-state index in [0.29, 0.717) is 20.6 Å². The molecule has 0 saturated heterocycles. The minimum absolute atomic E-state index is 0.0806. The third-order valence-corrected chi connectivity index (χ3v) is 4.92. The van der Waals surface area contributed by atoms with Gasteiger partial charge in [0.1, 0.15) is 11.6 Å². The highest BCUT2D eigenvalue weighted by Gasteiger charge is 2.15. The van der Waals surface area contributed by atoms with E-state index in [0.717, 1.165) is 11.1 Å². The fraction of sp³-hybridized carbons (Fsp3) is 0.190. The molecule has 0 atom stereocenters. The average Bonchev–Trinajstić information content (AvgIpc) is 2.68. The SMILES string of the molecule is COc1cc(/C=C(\C#N)C(=O)Nc2cccc(C)c2C)cc(I)c1OCC(=O)O. The molecule has 0 aliphatic heterocycles. The van der Waals surface area contributed by atoms with Crippen molar-refractivity contribution in [1.82, 2.24) is 0 Å². The summed E-state index contributed by atoms with van der Waals surface area (Å²) in [5.41, 5.74) is 3.06. The van der Waals surface area contributed by atoms with Crippen molar-refractivity contribution in [3.8, 4) is 17.6 Å². The quantitative estimate of drug-likeness (QED) is 0.335. The third-order valence-electron chi connectivity index (χ3n) is 4.12. The minimum atomic E-state index is -1.11. The van der Waals surface area contributed by atoms with Crippen molar-refractivity contribution in [3.63, 3.8) is 0 Å². The maximum Gasteiger partial charge on any atom is 0.341 e. The molecule has 0 fully saturated rings. The van der Waals surface area contributed by atoms with Crippen LogP contribution in [0.1, 0.15) is 16.7 Å². The number of rotatable bonds is 7. The zero-order valence-corrected chi connectivity index (χ0v) is 18.2. The minimum Gasteiger partial charge on any atom is -0.493 e. The van der Waals surface area contributed by atoms with Crippen LogP contribution in [-0.2, 0) is 9.59 Å². The van der Waals surface area contributed by atoms with E-state index >= 15 is 0 Å². The molecule has 0 heterocycles. The number of carboxylic acids is 1. The van der Waals surface area contributed by atoms with E-state index in [1.165, 1.54) is 13.2 Å². The van der Waals surface area contributed by atoms with Crippen LogP contribution in [0.2, 0.25) is 0 Å². The molecule has 0 aliphatic carbocycles. The van der Waals surface area contributed by atoms with Gasteiger partial charge < -0.3 is 19.9 Å². The second-order valence-corrected chi connectivity index (χ2v) is 7.25. The zero-order valence-electron chi connectivity index (χ0n) is 16.1. The van der Waals surface area contributed by atoms with E-state index in [1.807, 2.05) is 54.6 Å². The number of carbonyl (C=O) groups excluding carboxylic acids is 1. The Bertz CT molecular complexity index is 1020. The number of hydrogen-bond donors (Lipinski definition) is 2. The van der Waals surface area contributed by atoms with Crippen molar-refractivity contribution in [2.75, 3.05) is 19.0 Å². The molecule has 0 bridgehead atoms. The predicted octanol–water partition coefficient (Wildman–Crippen LogP) is 3.93. The Labute approximate surface area is 182 Å². The van der Waals surface area contributed by atoms with Gasteiger partial charge in [-0.2, -0.15) is 5.26 Å². The second kappa shape index (κ2) is 9.93. The number of ether oxygens (including phenoxy) is 2. The van der Waals surface area contributed by atoms with Crippen LogP contribution >= 0.6 is 22.6 Å². The summed E-state index contributed by atoms with van der Waals surface area (Å²) in [7, 11) is 1.42. The largest absolute Gasteiger partial charge is 0.493 e. The van der Waals surface area contributed by atoms with E-state index in [4.69, 9.17) is 14.6 Å². The van der Waals surface area contributed by atoms with Crippen molar-refractivity contribution in [2.45, 2.75) is 13.8 Å². The highest BCUT2D eigenvalue weighted by molar-refractivity contribution is 14.1. The lowest BCUT2D eigenvalue weighted by Crippen LogP contribution is -2.14. The summed E-state index contributed by atoms with van der Waals surface area (Å²) in [4.78, 5) is 23.3. The number of amides is 1. The number of anilines is 1. The first kappa shape index (κ1) is 22.2. The molecule has 0 aliphatic rings. The van der Waals surface area contributed by atoms with Gasteiger partial charge in [0, 0.05) is 5.69 Å². The first-order valence-corrected chi connectivity index (χ1v) is 9.56. The Balaban J connectivity index is 2.33. The van der Waals surface area contributed by atoms with Crippen LogP contribution in [0.15, 0.2) is 35.9 Å². The van der Waals surface area contributed by atoms with Gasteiger partial charge in [-0.05, 0) is 77.4 Å². The van der Waals surface area contributed by atoms with Gasteiger partial charge in [0.15, 0.2) is 18.1 Å². The van der Waals surface area contributed by atoms with E-state index in [1.54, 1.807) is 18.2 Å². The number of aryl methyl sites for hydroxylation is 1. The number of halogens is 1. The number of methoxy groups -OCH3 is 1. The second-order valence-electron chi connectivity index (χ2n) is 6.09. The van der Waals surface area contributed by atoms with Crippen molar-refractivity contribution in [2.24, 2.45) is 0 Å². The number of nitrogens with one attached hydrogen (secondary N) is 1. The normalized spacial score (nSPS) is 10.8. The molecule has 8 heteroatoms. The number of carboxylic acid groups (broad SMARTS) is 1. The molecule has 0 unspecified atom stereocenters. The van der Waals surface area contributed by atoms with Crippen molar-refractivity contribution < 1.29 is 24.2 Å². The molecule has 2 aromatic rings.